The zero-order chi connectivity index (χ0) is 16.4. The zero-order valence-corrected chi connectivity index (χ0v) is 13.9. The van der Waals surface area contributed by atoms with Crippen LogP contribution in [0.5, 0.6) is 17.2 Å². The van der Waals surface area contributed by atoms with Gasteiger partial charge < -0.3 is 19.3 Å². The predicted molar refractivity (Wildman–Crippen MR) is 88.8 cm³/mol. The van der Waals surface area contributed by atoms with Gasteiger partial charge in [-0.2, -0.15) is 0 Å². The van der Waals surface area contributed by atoms with E-state index in [1.54, 1.807) is 21.3 Å². The Bertz CT molecular complexity index is 714. The first-order valence-electron chi connectivity index (χ1n) is 7.96. The van der Waals surface area contributed by atoms with Gasteiger partial charge in [0.1, 0.15) is 0 Å². The summed E-state index contributed by atoms with van der Waals surface area (Å²) in [5, 5.41) is 11.3. The molecule has 3 rings (SSSR count). The van der Waals surface area contributed by atoms with Gasteiger partial charge in [-0.3, -0.25) is 4.98 Å². The summed E-state index contributed by atoms with van der Waals surface area (Å²) in [6.07, 6.45) is 5.78. The van der Waals surface area contributed by atoms with Crippen LogP contribution in [0.3, 0.4) is 0 Å². The van der Waals surface area contributed by atoms with E-state index in [1.807, 2.05) is 12.3 Å². The maximum absolute atomic E-state index is 9.31. The summed E-state index contributed by atoms with van der Waals surface area (Å²) < 4.78 is 16.5. The number of aromatic nitrogens is 1. The van der Waals surface area contributed by atoms with Gasteiger partial charge >= 0.3 is 0 Å². The summed E-state index contributed by atoms with van der Waals surface area (Å²) in [5.41, 5.74) is 2.35. The lowest BCUT2D eigenvalue weighted by molar-refractivity contribution is 0.268. The summed E-state index contributed by atoms with van der Waals surface area (Å²) in [5.74, 6) is 2.23. The topological polar surface area (TPSA) is 60.8 Å². The van der Waals surface area contributed by atoms with Crippen molar-refractivity contribution < 1.29 is 19.3 Å². The van der Waals surface area contributed by atoms with Crippen LogP contribution >= 0.6 is 0 Å². The molecular weight excluding hydrogens is 294 g/mol. The van der Waals surface area contributed by atoms with Crippen molar-refractivity contribution in [3.63, 3.8) is 0 Å². The van der Waals surface area contributed by atoms with Crippen LogP contribution in [0, 0.1) is 0 Å². The first-order valence-corrected chi connectivity index (χ1v) is 7.96. The maximum Gasteiger partial charge on any atom is 0.204 e. The van der Waals surface area contributed by atoms with Crippen molar-refractivity contribution in [1.82, 2.24) is 4.98 Å². The van der Waals surface area contributed by atoms with Crippen LogP contribution in [0.4, 0.5) is 0 Å². The fourth-order valence-corrected chi connectivity index (χ4v) is 3.62. The van der Waals surface area contributed by atoms with E-state index < -0.39 is 0 Å². The van der Waals surface area contributed by atoms with Crippen molar-refractivity contribution in [2.24, 2.45) is 0 Å². The largest absolute Gasteiger partial charge is 0.493 e. The molecule has 5 heteroatoms. The Hall–Kier alpha value is -2.01. The Morgan fingerprint density at radius 2 is 1.91 bits per heavy atom. The van der Waals surface area contributed by atoms with E-state index in [1.165, 1.54) is 5.56 Å². The Labute approximate surface area is 136 Å². The highest BCUT2D eigenvalue weighted by Gasteiger charge is 2.26. The van der Waals surface area contributed by atoms with Gasteiger partial charge in [-0.05, 0) is 42.7 Å². The monoisotopic (exact) mass is 317 g/mol. The van der Waals surface area contributed by atoms with E-state index in [0.29, 0.717) is 23.2 Å². The standard InChI is InChI=1S/C18H23NO4/c1-21-15-9-13-12-6-4-5-11(7-8-20)16(12)19-10-14(13)17(22-2)18(15)23-3/h9-11,20H,4-8H2,1-3H3. The highest BCUT2D eigenvalue weighted by molar-refractivity contribution is 5.95. The second-order valence-corrected chi connectivity index (χ2v) is 5.83. The van der Waals surface area contributed by atoms with Crippen LogP contribution in [0.1, 0.15) is 36.4 Å². The van der Waals surface area contributed by atoms with Crippen molar-refractivity contribution in [3.8, 4) is 17.2 Å². The molecule has 0 spiro atoms. The summed E-state index contributed by atoms with van der Waals surface area (Å²) in [6.45, 7) is 0.194. The molecule has 0 radical (unpaired) electrons. The molecule has 1 heterocycles. The minimum Gasteiger partial charge on any atom is -0.493 e. The lowest BCUT2D eigenvalue weighted by Crippen LogP contribution is -2.14. The Morgan fingerprint density at radius 3 is 2.57 bits per heavy atom. The number of aliphatic hydroxyl groups excluding tert-OH is 1. The number of rotatable bonds is 5. The number of aryl methyl sites for hydroxylation is 1. The highest BCUT2D eigenvalue weighted by atomic mass is 16.5. The Balaban J connectivity index is 2.27. The third-order valence-electron chi connectivity index (χ3n) is 4.68. The van der Waals surface area contributed by atoms with Gasteiger partial charge in [-0.25, -0.2) is 0 Å². The molecule has 5 nitrogen and oxygen atoms in total. The van der Waals surface area contributed by atoms with E-state index in [-0.39, 0.29) is 6.61 Å². The smallest absolute Gasteiger partial charge is 0.204 e. The van der Waals surface area contributed by atoms with Gasteiger partial charge in [0.15, 0.2) is 11.5 Å². The van der Waals surface area contributed by atoms with Crippen LogP contribution in [0.25, 0.3) is 10.8 Å². The average Bonchev–Trinajstić information content (AvgIpc) is 2.60. The molecule has 1 N–H and O–H groups in total. The van der Waals surface area contributed by atoms with Crippen molar-refractivity contribution in [3.05, 3.63) is 23.5 Å². The normalized spacial score (nSPS) is 17.0. The third-order valence-corrected chi connectivity index (χ3v) is 4.68. The molecule has 0 fully saturated rings. The van der Waals surface area contributed by atoms with E-state index in [9.17, 15) is 5.11 Å². The first-order chi connectivity index (χ1) is 11.2. The number of hydrogen-bond donors (Lipinski definition) is 1. The Kier molecular flexibility index (Phi) is 4.57. The molecule has 0 saturated heterocycles. The summed E-state index contributed by atoms with van der Waals surface area (Å²) in [4.78, 5) is 4.70. The molecule has 1 aromatic heterocycles. The predicted octanol–water partition coefficient (Wildman–Crippen LogP) is 3.06. The summed E-state index contributed by atoms with van der Waals surface area (Å²) in [6, 6.07) is 2.01. The third kappa shape index (κ3) is 2.59. The number of nitrogens with zero attached hydrogens (tertiary/aromatic N) is 1. The second-order valence-electron chi connectivity index (χ2n) is 5.83. The number of ether oxygens (including phenoxy) is 3. The zero-order valence-electron chi connectivity index (χ0n) is 13.9. The molecule has 124 valence electrons. The minimum absolute atomic E-state index is 0.194. The lowest BCUT2D eigenvalue weighted by Gasteiger charge is -2.26. The molecule has 2 aromatic rings. The fraction of sp³-hybridized carbons (Fsp3) is 0.500. The van der Waals surface area contributed by atoms with Gasteiger partial charge in [-0.15, -0.1) is 0 Å². The number of benzene rings is 1. The number of hydrogen-bond acceptors (Lipinski definition) is 5. The van der Waals surface area contributed by atoms with Gasteiger partial charge in [0.25, 0.3) is 0 Å². The van der Waals surface area contributed by atoms with E-state index >= 15 is 0 Å². The quantitative estimate of drug-likeness (QED) is 0.918. The number of methoxy groups -OCH3 is 3. The van der Waals surface area contributed by atoms with Crippen LogP contribution in [0.15, 0.2) is 12.3 Å². The molecule has 23 heavy (non-hydrogen) atoms. The van der Waals surface area contributed by atoms with Crippen molar-refractivity contribution in [2.45, 2.75) is 31.6 Å². The van der Waals surface area contributed by atoms with Crippen molar-refractivity contribution >= 4 is 10.8 Å². The molecule has 0 aliphatic heterocycles. The van der Waals surface area contributed by atoms with Gasteiger partial charge in [0.05, 0.1) is 21.3 Å². The molecule has 0 amide bonds. The fourth-order valence-electron chi connectivity index (χ4n) is 3.62. The summed E-state index contributed by atoms with van der Waals surface area (Å²) >= 11 is 0. The SMILES string of the molecule is COc1cc2c3c(ncc2c(OC)c1OC)C(CCO)CCC3. The lowest BCUT2D eigenvalue weighted by atomic mass is 9.82. The number of fused-ring (bicyclic) bond motifs is 3. The van der Waals surface area contributed by atoms with Crippen molar-refractivity contribution in [2.75, 3.05) is 27.9 Å². The second kappa shape index (κ2) is 6.62. The molecule has 1 atom stereocenters. The molecule has 0 bridgehead atoms. The molecule has 0 saturated carbocycles. The average molecular weight is 317 g/mol. The van der Waals surface area contributed by atoms with E-state index in [4.69, 9.17) is 19.2 Å². The molecule has 1 aliphatic rings. The molecule has 1 aliphatic carbocycles. The van der Waals surface area contributed by atoms with Crippen LogP contribution < -0.4 is 14.2 Å². The molecule has 1 unspecified atom stereocenters. The van der Waals surface area contributed by atoms with Crippen LogP contribution in [0.2, 0.25) is 0 Å². The summed E-state index contributed by atoms with van der Waals surface area (Å²) in [7, 11) is 4.87. The minimum atomic E-state index is 0.194. The highest BCUT2D eigenvalue weighted by Crippen LogP contribution is 2.46. The van der Waals surface area contributed by atoms with Crippen LogP contribution in [-0.2, 0) is 6.42 Å². The molecular formula is C18H23NO4. The number of pyridine rings is 1. The van der Waals surface area contributed by atoms with Gasteiger partial charge in [0, 0.05) is 29.8 Å². The Morgan fingerprint density at radius 1 is 1.13 bits per heavy atom. The van der Waals surface area contributed by atoms with Gasteiger partial charge in [0.2, 0.25) is 5.75 Å². The van der Waals surface area contributed by atoms with Gasteiger partial charge in [-0.1, -0.05) is 0 Å². The molecule has 1 aromatic carbocycles. The number of aliphatic hydroxyl groups is 1. The van der Waals surface area contributed by atoms with E-state index in [2.05, 4.69) is 0 Å². The maximum atomic E-state index is 9.31. The van der Waals surface area contributed by atoms with Crippen molar-refractivity contribution in [1.29, 1.82) is 0 Å². The first kappa shape index (κ1) is 15.9. The van der Waals surface area contributed by atoms with E-state index in [0.717, 1.165) is 42.1 Å². The van der Waals surface area contributed by atoms with Crippen LogP contribution in [-0.4, -0.2) is 38.0 Å².